The van der Waals surface area contributed by atoms with Gasteiger partial charge in [-0.1, -0.05) is 164 Å². The number of carbonyl (C=O) groups excluding carboxylic acids is 2. The summed E-state index contributed by atoms with van der Waals surface area (Å²) in [5.41, 5.74) is 4.58. The average Bonchev–Trinajstić information content (AvgIpc) is 4.04. The number of nitrogen functional groups attached to an aromatic ring is 1. The van der Waals surface area contributed by atoms with Crippen molar-refractivity contribution in [1.29, 1.82) is 0 Å². The first-order valence-electron chi connectivity index (χ1n) is 26.4. The molecule has 414 valence electrons. The first kappa shape index (κ1) is 63.7. The number of hydrogen-bond donors (Lipinski definition) is 5. The summed E-state index contributed by atoms with van der Waals surface area (Å²) < 4.78 is 62.4. The lowest BCUT2D eigenvalue weighted by atomic mass is 10.0. The lowest BCUT2D eigenvalue weighted by Crippen LogP contribution is -2.36. The quantitative estimate of drug-likeness (QED) is 0.0134. The molecule has 0 radical (unpaired) electrons. The molecule has 3 heterocycles. The zero-order valence-electron chi connectivity index (χ0n) is 43.1. The van der Waals surface area contributed by atoms with Crippen LogP contribution >= 0.6 is 15.6 Å². The van der Waals surface area contributed by atoms with E-state index in [4.69, 9.17) is 33.7 Å². The maximum absolute atomic E-state index is 12.9. The third-order valence-electron chi connectivity index (χ3n) is 12.0. The Hall–Kier alpha value is -3.58. The number of carbonyl (C=O) groups is 2. The van der Waals surface area contributed by atoms with E-state index in [0.29, 0.717) is 31.5 Å². The minimum atomic E-state index is -5.44. The number of unbranched alkanes of at least 4 members (excludes halogenated alkanes) is 14. The van der Waals surface area contributed by atoms with Crippen LogP contribution in [0, 0.1) is 0 Å². The number of rotatable bonds is 42. The number of nitrogens with two attached hydrogens (primary N) is 1. The molecule has 0 aliphatic carbocycles. The van der Waals surface area contributed by atoms with Gasteiger partial charge < -0.3 is 44.7 Å². The fourth-order valence-electron chi connectivity index (χ4n) is 7.85. The predicted octanol–water partition coefficient (Wildman–Crippen LogP) is 10.1. The highest BCUT2D eigenvalue weighted by atomic mass is 31.3. The van der Waals surface area contributed by atoms with E-state index in [0.717, 1.165) is 68.6 Å². The van der Waals surface area contributed by atoms with Crippen LogP contribution in [0.3, 0.4) is 0 Å². The fraction of sp³-hybridized carbons (Fsp3) is 0.692. The molecule has 1 aromatic rings. The number of phosphoric ester groups is 2. The van der Waals surface area contributed by atoms with E-state index in [1.807, 2.05) is 24.3 Å². The molecule has 0 bridgehead atoms. The summed E-state index contributed by atoms with van der Waals surface area (Å²) in [4.78, 5) is 61.9. The number of aliphatic hydroxyl groups is 2. The average molecular weight is 1070 g/mol. The zero-order chi connectivity index (χ0) is 53.2. The summed E-state index contributed by atoms with van der Waals surface area (Å²) in [6, 6.07) is 1.24. The summed E-state index contributed by atoms with van der Waals surface area (Å²) in [7, 11) is -10.9. The molecule has 2 fully saturated rings. The Balaban J connectivity index is 1.40. The first-order chi connectivity index (χ1) is 35.1. The lowest BCUT2D eigenvalue weighted by Gasteiger charge is -2.21. The standard InChI is InChI=1S/C52H85N3O16P2/c1-3-5-7-8-9-10-11-12-13-14-18-21-24-27-31-35-47(56)65-39-42(68-48(57)36-32-28-25-22-19-16-15-17-20-23-26-30-34-44-43(69-44)33-29-6-4-2)40-66-72(61,62)71-73(63,64)67-41-45-49(58)50(59)51(70-45)55-38-37-46(53)54-52(55)60/h6,16-17,19-20,25-26,28-30,37-38,42-45,49-51,58-59H,3-5,7-15,18,21-24,27,31-36,39-41H2,1-2H3,(H,61,62)(H,63,64)(H2,53,54,60)/b19-16-,20-17-,28-25-,29-6-,30-26-/t42-,43?,44?,45-,49-,50-,51-/m1/s1. The van der Waals surface area contributed by atoms with Gasteiger partial charge in [0.2, 0.25) is 0 Å². The molecule has 6 N–H and O–H groups in total. The highest BCUT2D eigenvalue weighted by Crippen LogP contribution is 2.60. The van der Waals surface area contributed by atoms with Crippen LogP contribution in [0.2, 0.25) is 0 Å². The number of ether oxygens (including phenoxy) is 4. The minimum Gasteiger partial charge on any atom is -0.462 e. The van der Waals surface area contributed by atoms with Gasteiger partial charge in [-0.15, -0.1) is 0 Å². The number of allylic oxidation sites excluding steroid dienone is 8. The van der Waals surface area contributed by atoms with E-state index in [9.17, 15) is 43.5 Å². The van der Waals surface area contributed by atoms with Gasteiger partial charge in [0.1, 0.15) is 30.7 Å². The highest BCUT2D eigenvalue weighted by molar-refractivity contribution is 7.61. The molecule has 0 spiro atoms. The molecule has 0 saturated carbocycles. The van der Waals surface area contributed by atoms with Gasteiger partial charge in [-0.25, -0.2) is 13.9 Å². The molecule has 2 aliphatic rings. The van der Waals surface area contributed by atoms with Crippen LogP contribution in [0.25, 0.3) is 0 Å². The molecule has 19 nitrogen and oxygen atoms in total. The minimum absolute atomic E-state index is 0.0788. The Labute approximate surface area is 432 Å². The third-order valence-corrected chi connectivity index (χ3v) is 14.6. The van der Waals surface area contributed by atoms with Gasteiger partial charge in [0.05, 0.1) is 25.4 Å². The number of epoxide rings is 1. The Kier molecular flexibility index (Phi) is 32.5. The number of hydrogen-bond acceptors (Lipinski definition) is 16. The number of phosphoric acid groups is 2. The van der Waals surface area contributed by atoms with Gasteiger partial charge >= 0.3 is 33.3 Å². The third kappa shape index (κ3) is 29.3. The van der Waals surface area contributed by atoms with Gasteiger partial charge in [0.25, 0.3) is 0 Å². The number of nitrogens with zero attached hydrogens (tertiary/aromatic N) is 2. The highest BCUT2D eigenvalue weighted by Gasteiger charge is 2.46. The number of esters is 2. The normalized spacial score (nSPS) is 22.2. The Morgan fingerprint density at radius 2 is 1.22 bits per heavy atom. The van der Waals surface area contributed by atoms with E-state index in [1.165, 1.54) is 70.3 Å². The van der Waals surface area contributed by atoms with Crippen molar-refractivity contribution in [3.8, 4) is 0 Å². The van der Waals surface area contributed by atoms with E-state index in [1.54, 1.807) is 0 Å². The monoisotopic (exact) mass is 1070 g/mol. The topological polar surface area (TPSA) is 278 Å². The van der Waals surface area contributed by atoms with Crippen LogP contribution in [-0.4, -0.2) is 97.9 Å². The largest absolute Gasteiger partial charge is 0.481 e. The smallest absolute Gasteiger partial charge is 0.462 e. The van der Waals surface area contributed by atoms with E-state index >= 15 is 0 Å². The molecule has 2 aliphatic heterocycles. The summed E-state index contributed by atoms with van der Waals surface area (Å²) in [6.07, 6.45) is 37.8. The van der Waals surface area contributed by atoms with Crippen molar-refractivity contribution in [3.05, 3.63) is 83.5 Å². The molecular formula is C52H85N3O16P2. The molecule has 0 aromatic carbocycles. The van der Waals surface area contributed by atoms with Crippen molar-refractivity contribution in [2.45, 2.75) is 211 Å². The predicted molar refractivity (Wildman–Crippen MR) is 279 cm³/mol. The summed E-state index contributed by atoms with van der Waals surface area (Å²) in [5.74, 6) is -1.40. The van der Waals surface area contributed by atoms with Gasteiger partial charge in [0, 0.05) is 19.0 Å². The maximum Gasteiger partial charge on any atom is 0.481 e. The molecular weight excluding hydrogens is 985 g/mol. The van der Waals surface area contributed by atoms with Gasteiger partial charge in [-0.3, -0.25) is 23.2 Å². The summed E-state index contributed by atoms with van der Waals surface area (Å²) in [5, 5.41) is 20.9. The number of anilines is 1. The van der Waals surface area contributed by atoms with Gasteiger partial charge in [-0.2, -0.15) is 9.29 Å². The van der Waals surface area contributed by atoms with Crippen molar-refractivity contribution in [2.75, 3.05) is 25.6 Å². The van der Waals surface area contributed by atoms with Crippen molar-refractivity contribution in [3.63, 3.8) is 0 Å². The van der Waals surface area contributed by atoms with E-state index in [2.05, 4.69) is 59.6 Å². The SMILES string of the molecule is CC/C=C\CC1OC1C/C=C\C/C=C\C/C=C\C/C=C\CCC(=O)O[C@H](COC(=O)CCCCCCCCCCCCCCCCC)COP(=O)(O)OP(=O)(O)OC[C@H]1O[C@@H](n2ccc(N)nc2=O)[C@H](O)[C@@H]1O. The molecule has 73 heavy (non-hydrogen) atoms. The molecule has 3 rings (SSSR count). The van der Waals surface area contributed by atoms with Crippen LogP contribution in [0.5, 0.6) is 0 Å². The van der Waals surface area contributed by atoms with Crippen molar-refractivity contribution in [2.24, 2.45) is 0 Å². The van der Waals surface area contributed by atoms with E-state index < -0.39 is 83.7 Å². The van der Waals surface area contributed by atoms with Gasteiger partial charge in [0.15, 0.2) is 12.3 Å². The second-order valence-electron chi connectivity index (χ2n) is 18.4. The molecule has 2 saturated heterocycles. The maximum atomic E-state index is 12.9. The second kappa shape index (κ2) is 37.2. The number of aromatic nitrogens is 2. The van der Waals surface area contributed by atoms with Crippen LogP contribution in [-0.2, 0) is 51.0 Å². The number of aliphatic hydroxyl groups excluding tert-OH is 2. The van der Waals surface area contributed by atoms with Crippen molar-refractivity contribution in [1.82, 2.24) is 9.55 Å². The van der Waals surface area contributed by atoms with Crippen LogP contribution in [0.4, 0.5) is 5.82 Å². The van der Waals surface area contributed by atoms with Crippen molar-refractivity contribution < 1.29 is 71.0 Å². The van der Waals surface area contributed by atoms with Gasteiger partial charge in [-0.05, 0) is 57.4 Å². The molecule has 9 atom stereocenters. The zero-order valence-corrected chi connectivity index (χ0v) is 44.9. The molecule has 21 heteroatoms. The van der Waals surface area contributed by atoms with Crippen LogP contribution < -0.4 is 11.4 Å². The lowest BCUT2D eigenvalue weighted by molar-refractivity contribution is -0.161. The Morgan fingerprint density at radius 3 is 1.79 bits per heavy atom. The fourth-order valence-corrected chi connectivity index (χ4v) is 9.96. The first-order valence-corrected chi connectivity index (χ1v) is 29.4. The van der Waals surface area contributed by atoms with Crippen LogP contribution in [0.15, 0.2) is 77.8 Å². The van der Waals surface area contributed by atoms with Crippen molar-refractivity contribution >= 4 is 33.4 Å². The summed E-state index contributed by atoms with van der Waals surface area (Å²) in [6.45, 7) is 1.98. The second-order valence-corrected chi connectivity index (χ2v) is 21.4. The Bertz CT molecular complexity index is 2030. The van der Waals surface area contributed by atoms with Crippen LogP contribution in [0.1, 0.15) is 174 Å². The summed E-state index contributed by atoms with van der Waals surface area (Å²) >= 11 is 0. The Morgan fingerprint density at radius 1 is 0.685 bits per heavy atom. The molecule has 1 aromatic heterocycles. The molecule has 0 amide bonds. The van der Waals surface area contributed by atoms with E-state index in [-0.39, 0.29) is 18.7 Å². The molecule has 4 unspecified atom stereocenters.